The molecule has 0 amide bonds. The van der Waals surface area contributed by atoms with Crippen LogP contribution >= 0.6 is 0 Å². The molecule has 0 radical (unpaired) electrons. The summed E-state index contributed by atoms with van der Waals surface area (Å²) in [7, 11) is 0. The van der Waals surface area contributed by atoms with Gasteiger partial charge in [-0.3, -0.25) is 9.36 Å². The number of oxazole rings is 1. The van der Waals surface area contributed by atoms with E-state index in [0.29, 0.717) is 12.1 Å². The minimum Gasteiger partial charge on any atom is -0.417 e. The number of aryl methyl sites for hydroxylation is 1. The van der Waals surface area contributed by atoms with Gasteiger partial charge in [-0.2, -0.15) is 4.98 Å². The van der Waals surface area contributed by atoms with Crippen molar-refractivity contribution in [1.82, 2.24) is 14.5 Å². The van der Waals surface area contributed by atoms with Gasteiger partial charge in [-0.1, -0.05) is 6.07 Å². The van der Waals surface area contributed by atoms with Crippen molar-refractivity contribution in [2.45, 2.75) is 19.4 Å². The summed E-state index contributed by atoms with van der Waals surface area (Å²) in [5, 5.41) is 0. The van der Waals surface area contributed by atoms with Crippen LogP contribution in [0.15, 0.2) is 33.5 Å². The van der Waals surface area contributed by atoms with Crippen molar-refractivity contribution >= 4 is 11.2 Å². The van der Waals surface area contributed by atoms with E-state index >= 15 is 0 Å². The first-order chi connectivity index (χ1) is 9.72. The molecule has 0 unspecified atom stereocenters. The maximum absolute atomic E-state index is 13.2. The highest BCUT2D eigenvalue weighted by atomic mass is 19.1. The molecule has 0 saturated heterocycles. The number of nitrogens with zero attached hydrogens (tertiary/aromatic N) is 3. The number of rotatable bonds is 1. The molecule has 0 atom stereocenters. The number of hydrogen-bond donors (Lipinski definition) is 0. The molecule has 1 aliphatic heterocycles. The number of aromatic nitrogens is 3. The number of hydrogen-bond acceptors (Lipinski definition) is 4. The smallest absolute Gasteiger partial charge is 0.283 e. The van der Waals surface area contributed by atoms with Crippen LogP contribution in [-0.4, -0.2) is 14.5 Å². The summed E-state index contributed by atoms with van der Waals surface area (Å²) in [4.78, 5) is 20.8. The van der Waals surface area contributed by atoms with Crippen LogP contribution in [0.5, 0.6) is 0 Å². The molecule has 3 heterocycles. The van der Waals surface area contributed by atoms with E-state index in [0.717, 1.165) is 18.7 Å². The van der Waals surface area contributed by atoms with Crippen LogP contribution in [0.25, 0.3) is 22.7 Å². The average molecular weight is 271 g/mol. The Kier molecular flexibility index (Phi) is 2.26. The maximum Gasteiger partial charge on any atom is 0.283 e. The first kappa shape index (κ1) is 11.3. The van der Waals surface area contributed by atoms with Gasteiger partial charge < -0.3 is 4.42 Å². The van der Waals surface area contributed by atoms with Crippen molar-refractivity contribution < 1.29 is 8.81 Å². The molecule has 0 spiro atoms. The third-order valence-electron chi connectivity index (χ3n) is 3.45. The Morgan fingerprint density at radius 3 is 3.05 bits per heavy atom. The lowest BCUT2D eigenvalue weighted by Gasteiger charge is -1.98. The predicted octanol–water partition coefficient (Wildman–Crippen LogP) is 2.14. The van der Waals surface area contributed by atoms with Crippen LogP contribution in [0.3, 0.4) is 0 Å². The van der Waals surface area contributed by atoms with E-state index in [2.05, 4.69) is 9.97 Å². The number of fused-ring (bicyclic) bond motifs is 2. The Hall–Kier alpha value is -2.50. The fourth-order valence-corrected chi connectivity index (χ4v) is 2.51. The number of halogens is 1. The normalized spacial score (nSPS) is 13.8. The Labute approximate surface area is 112 Å². The summed E-state index contributed by atoms with van der Waals surface area (Å²) >= 11 is 0. The van der Waals surface area contributed by atoms with Gasteiger partial charge in [0.15, 0.2) is 5.52 Å². The molecular weight excluding hydrogens is 261 g/mol. The van der Waals surface area contributed by atoms with E-state index in [1.165, 1.54) is 12.1 Å². The Balaban J connectivity index is 1.96. The van der Waals surface area contributed by atoms with Gasteiger partial charge in [0, 0.05) is 18.5 Å². The lowest BCUT2D eigenvalue weighted by molar-refractivity contribution is 0.598. The number of benzene rings is 1. The molecule has 0 bridgehead atoms. The fourth-order valence-electron chi connectivity index (χ4n) is 2.51. The van der Waals surface area contributed by atoms with Crippen LogP contribution in [0, 0.1) is 5.82 Å². The third-order valence-corrected chi connectivity index (χ3v) is 3.45. The van der Waals surface area contributed by atoms with E-state index in [1.54, 1.807) is 16.7 Å². The highest BCUT2D eigenvalue weighted by Crippen LogP contribution is 2.23. The lowest BCUT2D eigenvalue weighted by atomic mass is 10.2. The topological polar surface area (TPSA) is 60.9 Å². The van der Waals surface area contributed by atoms with Crippen molar-refractivity contribution in [3.05, 3.63) is 46.3 Å². The van der Waals surface area contributed by atoms with Gasteiger partial charge in [0.1, 0.15) is 11.6 Å². The standard InChI is InChI=1S/C14H10FN3O2/c15-9-4-1-3-8(7-9)12-17-11-13(20-12)16-10-5-2-6-18(10)14(11)19/h1,3-4,7H,2,5-6H2. The predicted molar refractivity (Wildman–Crippen MR) is 69.8 cm³/mol. The molecule has 0 aliphatic carbocycles. The fraction of sp³-hybridized carbons (Fsp3) is 0.214. The van der Waals surface area contributed by atoms with Crippen LogP contribution in [0.2, 0.25) is 0 Å². The summed E-state index contributed by atoms with van der Waals surface area (Å²) in [5.41, 5.74) is 0.735. The average Bonchev–Trinajstić information content (AvgIpc) is 3.05. The Bertz CT molecular complexity index is 882. The lowest BCUT2D eigenvalue weighted by Crippen LogP contribution is -2.20. The van der Waals surface area contributed by atoms with Crippen molar-refractivity contribution in [2.75, 3.05) is 0 Å². The Morgan fingerprint density at radius 2 is 2.20 bits per heavy atom. The Morgan fingerprint density at radius 1 is 1.30 bits per heavy atom. The zero-order chi connectivity index (χ0) is 13.7. The van der Waals surface area contributed by atoms with E-state index in [1.807, 2.05) is 0 Å². The molecule has 2 aromatic heterocycles. The molecule has 0 saturated carbocycles. The first-order valence-electron chi connectivity index (χ1n) is 6.38. The second-order valence-electron chi connectivity index (χ2n) is 4.77. The van der Waals surface area contributed by atoms with E-state index in [9.17, 15) is 9.18 Å². The van der Waals surface area contributed by atoms with Gasteiger partial charge in [0.2, 0.25) is 5.89 Å². The highest BCUT2D eigenvalue weighted by Gasteiger charge is 2.20. The van der Waals surface area contributed by atoms with Crippen molar-refractivity contribution in [2.24, 2.45) is 0 Å². The molecule has 100 valence electrons. The van der Waals surface area contributed by atoms with E-state index in [-0.39, 0.29) is 28.5 Å². The van der Waals surface area contributed by atoms with Crippen LogP contribution in [0.4, 0.5) is 4.39 Å². The van der Waals surface area contributed by atoms with Crippen molar-refractivity contribution in [1.29, 1.82) is 0 Å². The van der Waals surface area contributed by atoms with Crippen molar-refractivity contribution in [3.63, 3.8) is 0 Å². The summed E-state index contributed by atoms with van der Waals surface area (Å²) in [6, 6.07) is 5.91. The molecule has 4 rings (SSSR count). The summed E-state index contributed by atoms with van der Waals surface area (Å²) in [6.07, 6.45) is 1.67. The van der Waals surface area contributed by atoms with Gasteiger partial charge in [0.25, 0.3) is 11.3 Å². The summed E-state index contributed by atoms with van der Waals surface area (Å²) in [6.45, 7) is 0.666. The van der Waals surface area contributed by atoms with E-state index in [4.69, 9.17) is 4.42 Å². The van der Waals surface area contributed by atoms with Gasteiger partial charge in [-0.05, 0) is 24.6 Å². The van der Waals surface area contributed by atoms with E-state index < -0.39 is 0 Å². The molecule has 6 heteroatoms. The van der Waals surface area contributed by atoms with Gasteiger partial charge in [-0.15, -0.1) is 0 Å². The van der Waals surface area contributed by atoms with Crippen LogP contribution in [-0.2, 0) is 13.0 Å². The summed E-state index contributed by atoms with van der Waals surface area (Å²) in [5.74, 6) is 0.565. The molecule has 1 aliphatic rings. The quantitative estimate of drug-likeness (QED) is 0.680. The second-order valence-corrected chi connectivity index (χ2v) is 4.77. The van der Waals surface area contributed by atoms with Crippen molar-refractivity contribution in [3.8, 4) is 11.5 Å². The van der Waals surface area contributed by atoms with Crippen LogP contribution in [0.1, 0.15) is 12.2 Å². The van der Waals surface area contributed by atoms with Crippen LogP contribution < -0.4 is 5.56 Å². The zero-order valence-corrected chi connectivity index (χ0v) is 10.5. The molecule has 0 fully saturated rings. The molecule has 1 aromatic carbocycles. The zero-order valence-electron chi connectivity index (χ0n) is 10.5. The molecule has 3 aromatic rings. The molecular formula is C14H10FN3O2. The minimum atomic E-state index is -0.378. The maximum atomic E-state index is 13.2. The SMILES string of the molecule is O=c1c2nc(-c3cccc(F)c3)oc2nc2n1CCC2. The molecule has 20 heavy (non-hydrogen) atoms. The highest BCUT2D eigenvalue weighted by molar-refractivity contribution is 5.71. The monoisotopic (exact) mass is 271 g/mol. The van der Waals surface area contributed by atoms with Gasteiger partial charge >= 0.3 is 0 Å². The third kappa shape index (κ3) is 1.57. The molecule has 5 nitrogen and oxygen atoms in total. The first-order valence-corrected chi connectivity index (χ1v) is 6.38. The molecule has 0 N–H and O–H groups in total. The second kappa shape index (κ2) is 4.00. The minimum absolute atomic E-state index is 0.186. The van der Waals surface area contributed by atoms with Gasteiger partial charge in [0.05, 0.1) is 0 Å². The largest absolute Gasteiger partial charge is 0.417 e. The van der Waals surface area contributed by atoms with Gasteiger partial charge in [-0.25, -0.2) is 9.37 Å². The summed E-state index contributed by atoms with van der Waals surface area (Å²) < 4.78 is 20.4.